The molecule has 9 heteroatoms. The maximum absolute atomic E-state index is 15.4. The number of hydrogen-bond acceptors (Lipinski definition) is 3. The number of amides is 1. The van der Waals surface area contributed by atoms with Crippen molar-refractivity contribution in [3.63, 3.8) is 0 Å². The van der Waals surface area contributed by atoms with Crippen LogP contribution in [-0.4, -0.2) is 44.1 Å². The van der Waals surface area contributed by atoms with Crippen LogP contribution in [0.4, 0.5) is 4.39 Å². The van der Waals surface area contributed by atoms with Gasteiger partial charge in [0.15, 0.2) is 0 Å². The molecule has 3 aromatic carbocycles. The molecule has 1 N–H and O–H groups in total. The van der Waals surface area contributed by atoms with E-state index in [0.29, 0.717) is 40.1 Å². The Balaban J connectivity index is 1.50. The predicted octanol–water partition coefficient (Wildman–Crippen LogP) is 5.06. The van der Waals surface area contributed by atoms with Gasteiger partial charge in [-0.05, 0) is 74.2 Å². The largest absolute Gasteiger partial charge is 0.478 e. The third-order valence-electron chi connectivity index (χ3n) is 7.45. The third kappa shape index (κ3) is 3.66. The van der Waals surface area contributed by atoms with E-state index in [4.69, 9.17) is 11.6 Å². The third-order valence-corrected chi connectivity index (χ3v) is 7.68. The first-order chi connectivity index (χ1) is 17.8. The average Bonchev–Trinajstić information content (AvgIpc) is 3.36. The number of carboxylic acids is 1. The monoisotopic (exact) mass is 519 g/mol. The highest BCUT2D eigenvalue weighted by atomic mass is 35.5. The number of nitrogens with zero attached hydrogens (tertiary/aromatic N) is 3. The molecule has 0 radical (unpaired) electrons. The molecular formula is C28H23ClFN3O4. The Morgan fingerprint density at radius 1 is 0.946 bits per heavy atom. The lowest BCUT2D eigenvalue weighted by Crippen LogP contribution is -2.33. The summed E-state index contributed by atoms with van der Waals surface area (Å²) in [7, 11) is 0. The van der Waals surface area contributed by atoms with Gasteiger partial charge in [0.2, 0.25) is 0 Å². The number of carbonyl (C=O) groups is 2. The lowest BCUT2D eigenvalue weighted by atomic mass is 10.00. The Morgan fingerprint density at radius 2 is 1.65 bits per heavy atom. The number of likely N-dealkylation sites (tertiary alicyclic amines) is 1. The predicted molar refractivity (Wildman–Crippen MR) is 137 cm³/mol. The summed E-state index contributed by atoms with van der Waals surface area (Å²) in [6, 6.07) is 16.2. The van der Waals surface area contributed by atoms with Gasteiger partial charge in [-0.25, -0.2) is 14.0 Å². The van der Waals surface area contributed by atoms with Crippen molar-refractivity contribution < 1.29 is 19.1 Å². The van der Waals surface area contributed by atoms with Gasteiger partial charge >= 0.3 is 11.7 Å². The molecule has 1 aliphatic carbocycles. The van der Waals surface area contributed by atoms with Crippen LogP contribution in [0.3, 0.4) is 0 Å². The van der Waals surface area contributed by atoms with E-state index in [9.17, 15) is 19.5 Å². The Hall–Kier alpha value is -3.91. The summed E-state index contributed by atoms with van der Waals surface area (Å²) in [6.45, 7) is 1.49. The first-order valence-corrected chi connectivity index (χ1v) is 12.6. The Kier molecular flexibility index (Phi) is 5.45. The highest BCUT2D eigenvalue weighted by Gasteiger charge is 2.51. The zero-order valence-corrected chi connectivity index (χ0v) is 20.5. The Labute approximate surface area is 216 Å². The molecule has 37 heavy (non-hydrogen) atoms. The van der Waals surface area contributed by atoms with Gasteiger partial charge < -0.3 is 10.0 Å². The van der Waals surface area contributed by atoms with Crippen molar-refractivity contribution in [2.75, 3.05) is 13.1 Å². The number of hydrogen-bond donors (Lipinski definition) is 1. The molecule has 0 spiro atoms. The number of carbonyl (C=O) groups excluding carboxylic acids is 1. The molecule has 0 unspecified atom stereocenters. The van der Waals surface area contributed by atoms with Crippen molar-refractivity contribution >= 4 is 34.5 Å². The molecule has 188 valence electrons. The molecule has 4 aromatic rings. The van der Waals surface area contributed by atoms with E-state index in [1.54, 1.807) is 53.1 Å². The number of fused-ring (bicyclic) bond motifs is 1. The lowest BCUT2D eigenvalue weighted by Gasteiger charge is -2.19. The van der Waals surface area contributed by atoms with Crippen molar-refractivity contribution in [3.8, 4) is 5.69 Å². The molecule has 6 rings (SSSR count). The number of imidazole rings is 1. The molecule has 0 atom stereocenters. The first-order valence-electron chi connectivity index (χ1n) is 12.2. The summed E-state index contributed by atoms with van der Waals surface area (Å²) in [4.78, 5) is 40.2. The van der Waals surface area contributed by atoms with Gasteiger partial charge in [0.05, 0.1) is 27.8 Å². The second-order valence-electron chi connectivity index (χ2n) is 9.64. The fraction of sp³-hybridized carbons (Fsp3) is 0.250. The van der Waals surface area contributed by atoms with Crippen LogP contribution in [0.5, 0.6) is 0 Å². The van der Waals surface area contributed by atoms with Gasteiger partial charge in [-0.1, -0.05) is 23.7 Å². The van der Waals surface area contributed by atoms with Crippen molar-refractivity contribution in [2.24, 2.45) is 0 Å². The van der Waals surface area contributed by atoms with Crippen LogP contribution < -0.4 is 5.69 Å². The summed E-state index contributed by atoms with van der Waals surface area (Å²) < 4.78 is 18.4. The second kappa shape index (κ2) is 8.59. The van der Waals surface area contributed by atoms with Crippen LogP contribution in [-0.2, 0) is 5.54 Å². The Bertz CT molecular complexity index is 1630. The SMILES string of the molecule is O=C(O)c1cccc(C2(n3c(=O)n(-c4ccc(C(=O)N5CCCC5)cc4)c4cc(Cl)ccc43)CC2)c1F. The quantitative estimate of drug-likeness (QED) is 0.399. The molecule has 1 aliphatic heterocycles. The second-order valence-corrected chi connectivity index (χ2v) is 10.1. The van der Waals surface area contributed by atoms with Crippen LogP contribution in [0.2, 0.25) is 5.02 Å². The van der Waals surface area contributed by atoms with E-state index >= 15 is 4.39 Å². The summed E-state index contributed by atoms with van der Waals surface area (Å²) in [5.41, 5.74) is 0.540. The maximum atomic E-state index is 15.4. The first kappa shape index (κ1) is 23.5. The summed E-state index contributed by atoms with van der Waals surface area (Å²) in [5, 5.41) is 9.87. The molecule has 1 amide bonds. The number of rotatable bonds is 5. The summed E-state index contributed by atoms with van der Waals surface area (Å²) in [6.07, 6.45) is 2.96. The standard InChI is InChI=1S/C28H23ClFN3O4/c29-18-8-11-22-23(16-18)32(19-9-6-17(7-10-19)25(34)31-14-1-2-15-31)27(37)33(22)28(12-13-28)21-5-3-4-20(24(21)30)26(35)36/h3-11,16H,1-2,12-15H2,(H,35,36). The lowest BCUT2D eigenvalue weighted by molar-refractivity contribution is 0.0690. The van der Waals surface area contributed by atoms with E-state index in [-0.39, 0.29) is 11.5 Å². The van der Waals surface area contributed by atoms with Gasteiger partial charge in [-0.3, -0.25) is 13.9 Å². The van der Waals surface area contributed by atoms with Gasteiger partial charge in [-0.15, -0.1) is 0 Å². The molecule has 1 saturated carbocycles. The molecular weight excluding hydrogens is 497 g/mol. The molecule has 2 fully saturated rings. The molecule has 7 nitrogen and oxygen atoms in total. The summed E-state index contributed by atoms with van der Waals surface area (Å²) in [5.74, 6) is -2.23. The fourth-order valence-electron chi connectivity index (χ4n) is 5.48. The zero-order valence-electron chi connectivity index (χ0n) is 19.8. The van der Waals surface area contributed by atoms with Gasteiger partial charge in [0.25, 0.3) is 5.91 Å². The van der Waals surface area contributed by atoms with Crippen molar-refractivity contribution in [1.82, 2.24) is 14.0 Å². The zero-order chi connectivity index (χ0) is 25.9. The smallest absolute Gasteiger partial charge is 0.338 e. The molecule has 1 aromatic heterocycles. The van der Waals surface area contributed by atoms with Crippen LogP contribution in [0, 0.1) is 5.82 Å². The summed E-state index contributed by atoms with van der Waals surface area (Å²) >= 11 is 6.31. The van der Waals surface area contributed by atoms with Crippen molar-refractivity contribution in [2.45, 2.75) is 31.2 Å². The minimum atomic E-state index is -1.36. The van der Waals surface area contributed by atoms with Crippen LogP contribution in [0.25, 0.3) is 16.7 Å². The van der Waals surface area contributed by atoms with Crippen LogP contribution >= 0.6 is 11.6 Å². The Morgan fingerprint density at radius 3 is 2.30 bits per heavy atom. The normalized spacial score (nSPS) is 16.3. The van der Waals surface area contributed by atoms with Gasteiger partial charge in [0, 0.05) is 29.2 Å². The number of benzene rings is 3. The molecule has 2 aliphatic rings. The number of aromatic carboxylic acids is 1. The van der Waals surface area contributed by atoms with E-state index in [1.165, 1.54) is 16.7 Å². The van der Waals surface area contributed by atoms with Crippen LogP contribution in [0.15, 0.2) is 65.5 Å². The fourth-order valence-corrected chi connectivity index (χ4v) is 5.64. The van der Waals surface area contributed by atoms with Crippen molar-refractivity contribution in [3.05, 3.63) is 98.7 Å². The van der Waals surface area contributed by atoms with E-state index in [2.05, 4.69) is 0 Å². The van der Waals surface area contributed by atoms with E-state index < -0.39 is 28.6 Å². The molecule has 1 saturated heterocycles. The molecule has 2 heterocycles. The van der Waals surface area contributed by atoms with E-state index in [1.807, 2.05) is 4.90 Å². The number of halogens is 2. The van der Waals surface area contributed by atoms with Gasteiger partial charge in [0.1, 0.15) is 5.82 Å². The highest BCUT2D eigenvalue weighted by Crippen LogP contribution is 2.51. The van der Waals surface area contributed by atoms with Gasteiger partial charge in [-0.2, -0.15) is 0 Å². The van der Waals surface area contributed by atoms with E-state index in [0.717, 1.165) is 25.9 Å². The maximum Gasteiger partial charge on any atom is 0.338 e. The van der Waals surface area contributed by atoms with Crippen molar-refractivity contribution in [1.29, 1.82) is 0 Å². The topological polar surface area (TPSA) is 84.5 Å². The average molecular weight is 520 g/mol. The van der Waals surface area contributed by atoms with Crippen LogP contribution in [0.1, 0.15) is 52.0 Å². The highest BCUT2D eigenvalue weighted by molar-refractivity contribution is 6.31. The minimum Gasteiger partial charge on any atom is -0.478 e. The minimum absolute atomic E-state index is 0.0346. The number of aromatic nitrogens is 2. The number of carboxylic acid groups (broad SMARTS) is 1. The molecule has 0 bridgehead atoms.